The summed E-state index contributed by atoms with van der Waals surface area (Å²) in [5.41, 5.74) is -0.194. The molecule has 1 amide bonds. The molecule has 13 heteroatoms. The van der Waals surface area contributed by atoms with E-state index in [1.165, 1.54) is 6.20 Å². The molecule has 2 aromatic rings. The summed E-state index contributed by atoms with van der Waals surface area (Å²) in [5.74, 6) is -2.34. The molecule has 0 radical (unpaired) electrons. The molecule has 0 aliphatic carbocycles. The molecule has 33 heavy (non-hydrogen) atoms. The van der Waals surface area contributed by atoms with Gasteiger partial charge in [0.15, 0.2) is 0 Å². The Balaban J connectivity index is 1.55. The van der Waals surface area contributed by atoms with Gasteiger partial charge in [0, 0.05) is 38.2 Å². The minimum atomic E-state index is -4.63. The highest BCUT2D eigenvalue weighted by Crippen LogP contribution is 2.46. The van der Waals surface area contributed by atoms with Gasteiger partial charge in [-0.25, -0.2) is 15.0 Å². The van der Waals surface area contributed by atoms with Gasteiger partial charge in [-0.3, -0.25) is 4.79 Å². The highest BCUT2D eigenvalue weighted by molar-refractivity contribution is 5.94. The van der Waals surface area contributed by atoms with Crippen molar-refractivity contribution in [3.05, 3.63) is 29.6 Å². The lowest BCUT2D eigenvalue weighted by atomic mass is 9.90. The SMILES string of the molecule is CCn1cc(CC(F)(F)F)nc1C1CCN(c2ncnc3c2C(C(F)(F)F)CC(=O)N3)CC1. The number of carbonyl (C=O) groups excluding carboxylic acids is 1. The lowest BCUT2D eigenvalue weighted by Gasteiger charge is -2.36. The Bertz CT molecular complexity index is 1030. The highest BCUT2D eigenvalue weighted by Gasteiger charge is 2.48. The van der Waals surface area contributed by atoms with Crippen LogP contribution in [0.15, 0.2) is 12.5 Å². The molecule has 0 spiro atoms. The van der Waals surface area contributed by atoms with Gasteiger partial charge in [-0.2, -0.15) is 26.3 Å². The topological polar surface area (TPSA) is 75.9 Å². The Morgan fingerprint density at radius 2 is 1.82 bits per heavy atom. The number of carbonyl (C=O) groups is 1. The van der Waals surface area contributed by atoms with E-state index in [9.17, 15) is 31.1 Å². The van der Waals surface area contributed by atoms with Crippen molar-refractivity contribution in [2.75, 3.05) is 23.3 Å². The number of hydrogen-bond donors (Lipinski definition) is 1. The largest absolute Gasteiger partial charge is 0.396 e. The number of amides is 1. The number of hydrogen-bond acceptors (Lipinski definition) is 5. The van der Waals surface area contributed by atoms with Crippen LogP contribution >= 0.6 is 0 Å². The minimum absolute atomic E-state index is 0.0459. The highest BCUT2D eigenvalue weighted by atomic mass is 19.4. The zero-order valence-electron chi connectivity index (χ0n) is 17.7. The number of aryl methyl sites for hydroxylation is 1. The van der Waals surface area contributed by atoms with E-state index >= 15 is 0 Å². The van der Waals surface area contributed by atoms with E-state index in [0.717, 1.165) is 6.33 Å². The first-order valence-electron chi connectivity index (χ1n) is 10.6. The molecule has 1 fully saturated rings. The van der Waals surface area contributed by atoms with Crippen LogP contribution in [0.3, 0.4) is 0 Å². The molecule has 1 N–H and O–H groups in total. The maximum absolute atomic E-state index is 13.7. The van der Waals surface area contributed by atoms with Crippen molar-refractivity contribution in [1.29, 1.82) is 0 Å². The molecule has 2 aliphatic heterocycles. The molecule has 1 unspecified atom stereocenters. The first-order valence-corrected chi connectivity index (χ1v) is 10.6. The van der Waals surface area contributed by atoms with Gasteiger partial charge in [0.1, 0.15) is 23.8 Å². The molecular formula is C20H22F6N6O. The number of rotatable bonds is 4. The van der Waals surface area contributed by atoms with Crippen molar-refractivity contribution in [2.45, 2.75) is 63.3 Å². The number of piperidine rings is 1. The number of imidazole rings is 1. The van der Waals surface area contributed by atoms with Gasteiger partial charge in [-0.15, -0.1) is 0 Å². The van der Waals surface area contributed by atoms with E-state index in [-0.39, 0.29) is 28.8 Å². The summed E-state index contributed by atoms with van der Waals surface area (Å²) in [6, 6.07) is 0. The molecule has 7 nitrogen and oxygen atoms in total. The summed E-state index contributed by atoms with van der Waals surface area (Å²) in [6.07, 6.45) is -7.32. The second-order valence-corrected chi connectivity index (χ2v) is 8.24. The maximum atomic E-state index is 13.7. The summed E-state index contributed by atoms with van der Waals surface area (Å²) >= 11 is 0. The monoisotopic (exact) mass is 476 g/mol. The molecule has 4 heterocycles. The van der Waals surface area contributed by atoms with Gasteiger partial charge in [0.2, 0.25) is 5.91 Å². The Morgan fingerprint density at radius 3 is 2.42 bits per heavy atom. The summed E-state index contributed by atoms with van der Waals surface area (Å²) in [4.78, 5) is 25.6. The van der Waals surface area contributed by atoms with Crippen LogP contribution < -0.4 is 10.2 Å². The van der Waals surface area contributed by atoms with Gasteiger partial charge in [0.05, 0.1) is 23.6 Å². The third kappa shape index (κ3) is 4.91. The fraction of sp³-hybridized carbons (Fsp3) is 0.600. The number of fused-ring (bicyclic) bond motifs is 1. The first-order chi connectivity index (χ1) is 15.5. The van der Waals surface area contributed by atoms with Crippen molar-refractivity contribution in [1.82, 2.24) is 19.5 Å². The van der Waals surface area contributed by atoms with Crippen LogP contribution in [-0.4, -0.2) is 50.9 Å². The lowest BCUT2D eigenvalue weighted by molar-refractivity contribution is -0.156. The zero-order valence-corrected chi connectivity index (χ0v) is 17.7. The second kappa shape index (κ2) is 8.49. The molecule has 2 aromatic heterocycles. The van der Waals surface area contributed by atoms with Crippen LogP contribution in [0.1, 0.15) is 55.1 Å². The number of aromatic nitrogens is 4. The van der Waals surface area contributed by atoms with Crippen LogP contribution in [-0.2, 0) is 17.8 Å². The Labute approximate surface area is 185 Å². The smallest absolute Gasteiger partial charge is 0.356 e. The molecule has 1 saturated heterocycles. The summed E-state index contributed by atoms with van der Waals surface area (Å²) in [5, 5.41) is 2.39. The quantitative estimate of drug-likeness (QED) is 0.671. The van der Waals surface area contributed by atoms with E-state index in [1.807, 2.05) is 6.92 Å². The molecule has 0 saturated carbocycles. The van der Waals surface area contributed by atoms with Crippen LogP contribution in [0, 0.1) is 0 Å². The van der Waals surface area contributed by atoms with Crippen LogP contribution in [0.5, 0.6) is 0 Å². The van der Waals surface area contributed by atoms with E-state index in [4.69, 9.17) is 0 Å². The number of alkyl halides is 6. The summed E-state index contributed by atoms with van der Waals surface area (Å²) in [6.45, 7) is 2.97. The Kier molecular flexibility index (Phi) is 5.99. The molecular weight excluding hydrogens is 454 g/mol. The summed E-state index contributed by atoms with van der Waals surface area (Å²) < 4.78 is 81.1. The number of anilines is 2. The first kappa shape index (κ1) is 23.3. The van der Waals surface area contributed by atoms with Gasteiger partial charge in [0.25, 0.3) is 0 Å². The standard InChI is InChI=1S/C20H22F6N6O/c1-2-31-9-12(8-19(21,22)23)29-17(31)11-3-5-32(6-4-11)18-15-13(20(24,25)26)7-14(33)30-16(15)27-10-28-18/h9-11,13H,2-8H2,1H3,(H,27,28,30,33). The molecule has 4 rings (SSSR count). The fourth-order valence-electron chi connectivity index (χ4n) is 4.51. The maximum Gasteiger partial charge on any atom is 0.396 e. The van der Waals surface area contributed by atoms with E-state index < -0.39 is 37.0 Å². The molecule has 1 atom stereocenters. The summed E-state index contributed by atoms with van der Waals surface area (Å²) in [7, 11) is 0. The molecule has 0 aromatic carbocycles. The van der Waals surface area contributed by atoms with Crippen molar-refractivity contribution in [3.63, 3.8) is 0 Å². The van der Waals surface area contributed by atoms with Crippen molar-refractivity contribution in [3.8, 4) is 0 Å². The second-order valence-electron chi connectivity index (χ2n) is 8.24. The van der Waals surface area contributed by atoms with Crippen LogP contribution in [0.2, 0.25) is 0 Å². The molecule has 180 valence electrons. The third-order valence-corrected chi connectivity index (χ3v) is 5.99. The Hall–Kier alpha value is -2.86. The normalized spacial score (nSPS) is 20.0. The van der Waals surface area contributed by atoms with E-state index in [2.05, 4.69) is 20.3 Å². The van der Waals surface area contributed by atoms with Gasteiger partial charge < -0.3 is 14.8 Å². The average molecular weight is 476 g/mol. The van der Waals surface area contributed by atoms with Crippen molar-refractivity contribution >= 4 is 17.5 Å². The van der Waals surface area contributed by atoms with Crippen molar-refractivity contribution in [2.24, 2.45) is 0 Å². The van der Waals surface area contributed by atoms with E-state index in [1.54, 1.807) is 9.47 Å². The zero-order chi connectivity index (χ0) is 24.0. The Morgan fingerprint density at radius 1 is 1.12 bits per heavy atom. The molecule has 0 bridgehead atoms. The molecule has 2 aliphatic rings. The lowest BCUT2D eigenvalue weighted by Crippen LogP contribution is -2.38. The van der Waals surface area contributed by atoms with Gasteiger partial charge in [-0.05, 0) is 19.8 Å². The van der Waals surface area contributed by atoms with Crippen LogP contribution in [0.4, 0.5) is 38.0 Å². The van der Waals surface area contributed by atoms with Crippen LogP contribution in [0.25, 0.3) is 0 Å². The third-order valence-electron chi connectivity index (χ3n) is 5.99. The van der Waals surface area contributed by atoms with Crippen molar-refractivity contribution < 1.29 is 31.1 Å². The van der Waals surface area contributed by atoms with Gasteiger partial charge in [-0.1, -0.05) is 0 Å². The number of halogens is 6. The minimum Gasteiger partial charge on any atom is -0.356 e. The fourth-order valence-corrected chi connectivity index (χ4v) is 4.51. The number of nitrogens with zero attached hydrogens (tertiary/aromatic N) is 5. The number of nitrogens with one attached hydrogen (secondary N) is 1. The predicted octanol–water partition coefficient (Wildman–Crippen LogP) is 4.17. The predicted molar refractivity (Wildman–Crippen MR) is 106 cm³/mol. The average Bonchev–Trinajstić information content (AvgIpc) is 3.13. The van der Waals surface area contributed by atoms with E-state index in [0.29, 0.717) is 38.3 Å². The van der Waals surface area contributed by atoms with Gasteiger partial charge >= 0.3 is 12.4 Å².